The Labute approximate surface area is 264 Å². The van der Waals surface area contributed by atoms with Gasteiger partial charge in [-0.3, -0.25) is 4.90 Å². The minimum absolute atomic E-state index is 0.190. The second kappa shape index (κ2) is 11.3. The van der Waals surface area contributed by atoms with Crippen molar-refractivity contribution in [2.45, 2.75) is 0 Å². The first-order valence-corrected chi connectivity index (χ1v) is 15.5. The molecule has 5 aromatic carbocycles. The van der Waals surface area contributed by atoms with Crippen LogP contribution in [0.15, 0.2) is 152 Å². The van der Waals surface area contributed by atoms with E-state index in [4.69, 9.17) is 15.0 Å². The van der Waals surface area contributed by atoms with Crippen molar-refractivity contribution < 1.29 is 5.11 Å². The molecule has 0 aliphatic rings. The maximum Gasteiger partial charge on any atom is 0.160 e. The van der Waals surface area contributed by atoms with Gasteiger partial charge in [-0.25, -0.2) is 15.0 Å². The number of benzene rings is 5. The summed E-state index contributed by atoms with van der Waals surface area (Å²) >= 11 is 1.65. The Bertz CT molecular complexity index is 2280. The summed E-state index contributed by atoms with van der Waals surface area (Å²) in [7, 11) is 0. The van der Waals surface area contributed by atoms with Gasteiger partial charge in [0.05, 0.1) is 15.9 Å². The summed E-state index contributed by atoms with van der Waals surface area (Å²) in [5, 5.41) is 11.9. The maximum atomic E-state index is 10.9. The van der Waals surface area contributed by atoms with Crippen LogP contribution in [-0.4, -0.2) is 20.1 Å². The lowest BCUT2D eigenvalue weighted by molar-refractivity contribution is 0.477. The molecule has 0 radical (unpaired) electrons. The van der Waals surface area contributed by atoms with E-state index in [1.807, 2.05) is 72.9 Å². The Balaban J connectivity index is 1.28. The van der Waals surface area contributed by atoms with Crippen LogP contribution in [0.1, 0.15) is 0 Å². The van der Waals surface area contributed by atoms with Crippen LogP contribution in [0.5, 0.6) is 5.75 Å². The number of fused-ring (bicyclic) bond motifs is 3. The predicted octanol–water partition coefficient (Wildman–Crippen LogP) is 10.4. The SMILES string of the molecule is Oc1ccccc1-c1nc(-c2cccc(N(c3ccc(-c4ccccc4)cc3)c3ccccn3)c2)nc2c1sc1ccccc12. The smallest absolute Gasteiger partial charge is 0.160 e. The van der Waals surface area contributed by atoms with E-state index < -0.39 is 0 Å². The van der Waals surface area contributed by atoms with Gasteiger partial charge in [0.25, 0.3) is 0 Å². The van der Waals surface area contributed by atoms with Gasteiger partial charge in [0.2, 0.25) is 0 Å². The highest BCUT2D eigenvalue weighted by atomic mass is 32.1. The maximum absolute atomic E-state index is 10.9. The molecule has 0 fully saturated rings. The van der Waals surface area contributed by atoms with Gasteiger partial charge in [-0.2, -0.15) is 0 Å². The lowest BCUT2D eigenvalue weighted by atomic mass is 10.0. The molecule has 0 amide bonds. The van der Waals surface area contributed by atoms with Gasteiger partial charge >= 0.3 is 0 Å². The molecule has 5 nitrogen and oxygen atoms in total. The summed E-state index contributed by atoms with van der Waals surface area (Å²) in [4.78, 5) is 17.1. The Morgan fingerprint density at radius 3 is 2.13 bits per heavy atom. The highest BCUT2D eigenvalue weighted by molar-refractivity contribution is 7.26. The first-order valence-electron chi connectivity index (χ1n) is 14.7. The Kier molecular flexibility index (Phi) is 6.74. The van der Waals surface area contributed by atoms with Crippen molar-refractivity contribution in [3.8, 4) is 39.5 Å². The van der Waals surface area contributed by atoms with E-state index in [0.29, 0.717) is 11.4 Å². The molecule has 8 aromatic rings. The summed E-state index contributed by atoms with van der Waals surface area (Å²) in [5.41, 5.74) is 7.38. The van der Waals surface area contributed by atoms with E-state index in [2.05, 4.69) is 77.7 Å². The number of hydrogen-bond acceptors (Lipinski definition) is 6. The quantitative estimate of drug-likeness (QED) is 0.206. The summed E-state index contributed by atoms with van der Waals surface area (Å²) in [6.45, 7) is 0. The van der Waals surface area contributed by atoms with Crippen LogP contribution < -0.4 is 4.90 Å². The van der Waals surface area contributed by atoms with E-state index in [1.165, 1.54) is 5.56 Å². The molecule has 0 aliphatic heterocycles. The molecular formula is C39H26N4OS. The van der Waals surface area contributed by atoms with Crippen LogP contribution in [0.2, 0.25) is 0 Å². The molecule has 214 valence electrons. The molecule has 6 heteroatoms. The van der Waals surface area contributed by atoms with Gasteiger partial charge in [0.1, 0.15) is 11.6 Å². The number of rotatable bonds is 6. The number of aromatic hydroxyl groups is 1. The molecule has 45 heavy (non-hydrogen) atoms. The molecule has 3 heterocycles. The van der Waals surface area contributed by atoms with Crippen LogP contribution in [0.3, 0.4) is 0 Å². The van der Waals surface area contributed by atoms with E-state index >= 15 is 0 Å². The first kappa shape index (κ1) is 26.8. The highest BCUT2D eigenvalue weighted by Gasteiger charge is 2.20. The van der Waals surface area contributed by atoms with Crippen molar-refractivity contribution in [3.05, 3.63) is 152 Å². The van der Waals surface area contributed by atoms with Crippen LogP contribution >= 0.6 is 11.3 Å². The topological polar surface area (TPSA) is 62.1 Å². The minimum atomic E-state index is 0.190. The summed E-state index contributed by atoms with van der Waals surface area (Å²) < 4.78 is 2.08. The van der Waals surface area contributed by atoms with E-state index in [0.717, 1.165) is 54.3 Å². The van der Waals surface area contributed by atoms with Gasteiger partial charge in [0, 0.05) is 38.8 Å². The number of phenolic OH excluding ortho intramolecular Hbond substituents is 1. The van der Waals surface area contributed by atoms with Crippen LogP contribution in [0.4, 0.5) is 17.2 Å². The normalized spacial score (nSPS) is 11.2. The number of anilines is 3. The zero-order valence-electron chi connectivity index (χ0n) is 24.1. The minimum Gasteiger partial charge on any atom is -0.507 e. The second-order valence-electron chi connectivity index (χ2n) is 10.7. The molecule has 3 aromatic heterocycles. The third kappa shape index (κ3) is 4.97. The number of nitrogens with zero attached hydrogens (tertiary/aromatic N) is 4. The summed E-state index contributed by atoms with van der Waals surface area (Å²) in [6.07, 6.45) is 1.81. The summed E-state index contributed by atoms with van der Waals surface area (Å²) in [6, 6.07) is 48.7. The molecule has 0 spiro atoms. The van der Waals surface area contributed by atoms with Crippen molar-refractivity contribution in [2.75, 3.05) is 4.90 Å². The molecule has 8 rings (SSSR count). The van der Waals surface area contributed by atoms with Crippen LogP contribution in [0, 0.1) is 0 Å². The Morgan fingerprint density at radius 2 is 1.31 bits per heavy atom. The fourth-order valence-corrected chi connectivity index (χ4v) is 6.84. The van der Waals surface area contributed by atoms with Crippen molar-refractivity contribution in [1.29, 1.82) is 0 Å². The number of aromatic nitrogens is 3. The number of pyridine rings is 1. The van der Waals surface area contributed by atoms with Gasteiger partial charge in [-0.15, -0.1) is 11.3 Å². The third-order valence-electron chi connectivity index (χ3n) is 7.85. The molecule has 0 saturated heterocycles. The molecular weight excluding hydrogens is 573 g/mol. The van der Waals surface area contributed by atoms with E-state index in [-0.39, 0.29) is 5.75 Å². The zero-order valence-corrected chi connectivity index (χ0v) is 24.9. The number of thiophene rings is 1. The molecule has 0 saturated carbocycles. The van der Waals surface area contributed by atoms with Crippen LogP contribution in [0.25, 0.3) is 54.1 Å². The summed E-state index contributed by atoms with van der Waals surface area (Å²) in [5.74, 6) is 1.58. The Hall–Kier alpha value is -5.85. The van der Waals surface area contributed by atoms with Gasteiger partial charge in [-0.05, 0) is 65.7 Å². The fraction of sp³-hybridized carbons (Fsp3) is 0. The standard InChI is InChI=1S/C39H26N4OS/c44-33-17-6-4-15-31(33)36-38-37(32-16-5-7-18-34(32)45-38)42-39(41-36)28-13-10-14-30(25-28)43(35-19-8-9-24-40-35)29-22-20-27(21-23-29)26-11-2-1-3-12-26/h1-25,44H. The average Bonchev–Trinajstić information content (AvgIpc) is 3.48. The number of phenols is 1. The van der Waals surface area contributed by atoms with E-state index in [1.54, 1.807) is 17.4 Å². The van der Waals surface area contributed by atoms with E-state index in [9.17, 15) is 5.11 Å². The molecule has 0 unspecified atom stereocenters. The van der Waals surface area contributed by atoms with Crippen molar-refractivity contribution in [1.82, 2.24) is 15.0 Å². The van der Waals surface area contributed by atoms with Gasteiger partial charge in [-0.1, -0.05) is 91.0 Å². The fourth-order valence-electron chi connectivity index (χ4n) is 5.69. The predicted molar refractivity (Wildman–Crippen MR) is 185 cm³/mol. The average molecular weight is 599 g/mol. The lowest BCUT2D eigenvalue weighted by Gasteiger charge is -2.25. The number of para-hydroxylation sites is 1. The van der Waals surface area contributed by atoms with Crippen molar-refractivity contribution in [3.63, 3.8) is 0 Å². The lowest BCUT2D eigenvalue weighted by Crippen LogP contribution is -2.11. The second-order valence-corrected chi connectivity index (χ2v) is 11.7. The van der Waals surface area contributed by atoms with Crippen LogP contribution in [-0.2, 0) is 0 Å². The first-order chi connectivity index (χ1) is 22.2. The highest BCUT2D eigenvalue weighted by Crippen LogP contribution is 2.42. The Morgan fingerprint density at radius 1 is 0.578 bits per heavy atom. The van der Waals surface area contributed by atoms with Gasteiger partial charge in [0.15, 0.2) is 5.82 Å². The monoisotopic (exact) mass is 598 g/mol. The third-order valence-corrected chi connectivity index (χ3v) is 9.02. The molecule has 0 aliphatic carbocycles. The van der Waals surface area contributed by atoms with Crippen molar-refractivity contribution >= 4 is 48.8 Å². The molecule has 0 bridgehead atoms. The zero-order chi connectivity index (χ0) is 30.2. The van der Waals surface area contributed by atoms with Gasteiger partial charge < -0.3 is 5.11 Å². The largest absolute Gasteiger partial charge is 0.507 e. The molecule has 1 N–H and O–H groups in total. The number of hydrogen-bond donors (Lipinski definition) is 1. The molecule has 0 atom stereocenters. The van der Waals surface area contributed by atoms with Crippen molar-refractivity contribution in [2.24, 2.45) is 0 Å².